The molecule has 0 radical (unpaired) electrons. The van der Waals surface area contributed by atoms with Gasteiger partial charge in [0.05, 0.1) is 0 Å². The minimum absolute atomic E-state index is 0.371. The van der Waals surface area contributed by atoms with Gasteiger partial charge in [0.25, 0.3) is 0 Å². The van der Waals surface area contributed by atoms with Crippen LogP contribution in [-0.2, 0) is 20.8 Å². The van der Waals surface area contributed by atoms with E-state index in [2.05, 4.69) is 100 Å². The van der Waals surface area contributed by atoms with Crippen LogP contribution in [-0.4, -0.2) is 0 Å². The van der Waals surface area contributed by atoms with Gasteiger partial charge in [0, 0.05) is 5.92 Å². The maximum atomic E-state index is 4.93. The molecule has 150 valence electrons. The summed E-state index contributed by atoms with van der Waals surface area (Å²) < 4.78 is 0. The third kappa shape index (κ3) is 8.02. The number of hydrogen-bond acceptors (Lipinski definition) is 0. The van der Waals surface area contributed by atoms with Gasteiger partial charge >= 0.3 is 37.9 Å². The van der Waals surface area contributed by atoms with E-state index in [0.29, 0.717) is 11.8 Å². The molecule has 2 atom stereocenters. The SMILES string of the molecule is C[CH-]CCC1C=Cc2ccccc21.[CH2-]C.[CH2-]C1C=Cc2ccccc21.[Cl][Zr][Cl]. The molecule has 2 aliphatic carbocycles. The van der Waals surface area contributed by atoms with Crippen LogP contribution in [0.3, 0.4) is 0 Å². The summed E-state index contributed by atoms with van der Waals surface area (Å²) in [6.45, 7) is 11.1. The zero-order valence-corrected chi connectivity index (χ0v) is 20.7. The van der Waals surface area contributed by atoms with E-state index in [1.807, 2.05) is 0 Å². The molecule has 0 saturated carbocycles. The van der Waals surface area contributed by atoms with Crippen molar-refractivity contribution in [2.75, 3.05) is 0 Å². The monoisotopic (exact) mass is 489 g/mol. The predicted octanol–water partition coefficient (Wildman–Crippen LogP) is 8.65. The Morgan fingerprint density at radius 2 is 1.39 bits per heavy atom. The zero-order valence-electron chi connectivity index (χ0n) is 16.7. The van der Waals surface area contributed by atoms with Gasteiger partial charge in [0.15, 0.2) is 0 Å². The van der Waals surface area contributed by atoms with Crippen molar-refractivity contribution in [2.45, 2.75) is 38.5 Å². The summed E-state index contributed by atoms with van der Waals surface area (Å²) in [6, 6.07) is 17.1. The van der Waals surface area contributed by atoms with E-state index in [1.54, 1.807) is 6.92 Å². The topological polar surface area (TPSA) is 0 Å². The van der Waals surface area contributed by atoms with Crippen molar-refractivity contribution in [1.82, 2.24) is 0 Å². The van der Waals surface area contributed by atoms with Crippen LogP contribution in [0, 0.1) is 20.3 Å². The summed E-state index contributed by atoms with van der Waals surface area (Å²) in [7, 11) is 9.87. The van der Waals surface area contributed by atoms with Crippen molar-refractivity contribution in [3.63, 3.8) is 0 Å². The van der Waals surface area contributed by atoms with Gasteiger partial charge < -0.3 is 20.3 Å². The average Bonchev–Trinajstić information content (AvgIpc) is 3.33. The minimum atomic E-state index is -0.826. The number of rotatable bonds is 3. The Morgan fingerprint density at radius 1 is 0.893 bits per heavy atom. The molecule has 0 amide bonds. The third-order valence-electron chi connectivity index (χ3n) is 4.57. The predicted molar refractivity (Wildman–Crippen MR) is 124 cm³/mol. The van der Waals surface area contributed by atoms with E-state index in [9.17, 15) is 0 Å². The first kappa shape index (κ1) is 25.4. The van der Waals surface area contributed by atoms with E-state index in [-0.39, 0.29) is 0 Å². The van der Waals surface area contributed by atoms with Crippen molar-refractivity contribution in [1.29, 1.82) is 0 Å². The van der Waals surface area contributed by atoms with Gasteiger partial charge in [-0.05, 0) is 16.7 Å². The molecule has 0 spiro atoms. The second kappa shape index (κ2) is 15.3. The molecule has 28 heavy (non-hydrogen) atoms. The molecule has 2 aromatic carbocycles. The fraction of sp³-hybridized carbons (Fsp3) is 0.240. The first-order valence-electron chi connectivity index (χ1n) is 9.53. The summed E-state index contributed by atoms with van der Waals surface area (Å²) in [5.41, 5.74) is 5.58. The molecular formula is C25H29Cl2Zr-3. The van der Waals surface area contributed by atoms with E-state index in [0.717, 1.165) is 0 Å². The first-order valence-corrected chi connectivity index (χ1v) is 15.9. The van der Waals surface area contributed by atoms with Crippen molar-refractivity contribution in [2.24, 2.45) is 0 Å². The molecule has 0 aromatic heterocycles. The van der Waals surface area contributed by atoms with Gasteiger partial charge in [0.2, 0.25) is 0 Å². The van der Waals surface area contributed by atoms with Gasteiger partial charge in [-0.15, -0.1) is 12.0 Å². The van der Waals surface area contributed by atoms with E-state index in [1.165, 1.54) is 35.1 Å². The fourth-order valence-corrected chi connectivity index (χ4v) is 3.25. The molecule has 0 nitrogen and oxygen atoms in total. The first-order chi connectivity index (χ1) is 13.7. The number of allylic oxidation sites excluding steroid dienone is 2. The maximum absolute atomic E-state index is 4.93. The molecule has 2 unspecified atom stereocenters. The molecular weight excluding hydrogens is 462 g/mol. The number of unbranched alkanes of at least 4 members (excludes halogenated alkanes) is 1. The number of benzene rings is 2. The number of hydrogen-bond donors (Lipinski definition) is 0. The number of fused-ring (bicyclic) bond motifs is 2. The van der Waals surface area contributed by atoms with Crippen LogP contribution in [0.4, 0.5) is 0 Å². The summed E-state index contributed by atoms with van der Waals surface area (Å²) in [4.78, 5) is 0. The molecule has 2 aromatic rings. The molecule has 2 aliphatic rings. The Kier molecular flexibility index (Phi) is 13.8. The summed E-state index contributed by atoms with van der Waals surface area (Å²) in [6.07, 6.45) is 13.5. The summed E-state index contributed by atoms with van der Waals surface area (Å²) >= 11 is -0.826. The van der Waals surface area contributed by atoms with Crippen LogP contribution in [0.1, 0.15) is 60.8 Å². The van der Waals surface area contributed by atoms with Crippen LogP contribution in [0.2, 0.25) is 0 Å². The Bertz CT molecular complexity index is 737. The quantitative estimate of drug-likeness (QED) is 0.377. The molecule has 0 fully saturated rings. The molecule has 3 heteroatoms. The average molecular weight is 492 g/mol. The second-order valence-corrected chi connectivity index (χ2v) is 9.98. The van der Waals surface area contributed by atoms with Crippen LogP contribution in [0.15, 0.2) is 60.7 Å². The molecule has 0 bridgehead atoms. The fourth-order valence-electron chi connectivity index (χ4n) is 3.25. The molecule has 0 aliphatic heterocycles. The van der Waals surface area contributed by atoms with Gasteiger partial charge in [0.1, 0.15) is 0 Å². The van der Waals surface area contributed by atoms with Crippen LogP contribution in [0.25, 0.3) is 12.2 Å². The van der Waals surface area contributed by atoms with E-state index >= 15 is 0 Å². The van der Waals surface area contributed by atoms with Gasteiger partial charge in [-0.2, -0.15) is 20.3 Å². The summed E-state index contributed by atoms with van der Waals surface area (Å²) in [5, 5.41) is 0. The molecule has 0 saturated heterocycles. The van der Waals surface area contributed by atoms with Gasteiger partial charge in [-0.25, -0.2) is 0 Å². The van der Waals surface area contributed by atoms with Crippen molar-refractivity contribution < 1.29 is 20.8 Å². The second-order valence-electron chi connectivity index (χ2n) is 6.25. The van der Waals surface area contributed by atoms with Crippen LogP contribution in [0.5, 0.6) is 0 Å². The molecule has 4 rings (SSSR count). The molecule has 0 heterocycles. The van der Waals surface area contributed by atoms with E-state index < -0.39 is 20.8 Å². The summed E-state index contributed by atoms with van der Waals surface area (Å²) in [5.74, 6) is 1.03. The van der Waals surface area contributed by atoms with Crippen molar-refractivity contribution in [3.05, 3.63) is 103 Å². The number of halogens is 2. The van der Waals surface area contributed by atoms with Gasteiger partial charge in [-0.3, -0.25) is 0 Å². The Morgan fingerprint density at radius 3 is 1.96 bits per heavy atom. The van der Waals surface area contributed by atoms with Crippen LogP contribution < -0.4 is 0 Å². The standard InChI is InChI=1S/C13H15.C10H9.C2H5.2ClH.Zr/c1-2-3-6-11-9-10-12-7-4-5-8-13(11)12;1-8-6-7-9-4-2-3-5-10(8)9;1-2;;;/h2,4-5,7-11H,3,6H2,1H3;2-8H,1H2;1H2,2H3;2*1H;/q3*-1;;;+2/p-2. The van der Waals surface area contributed by atoms with Crippen molar-refractivity contribution >= 4 is 29.2 Å². The van der Waals surface area contributed by atoms with E-state index in [4.69, 9.17) is 17.0 Å². The third-order valence-corrected chi connectivity index (χ3v) is 4.57. The van der Waals surface area contributed by atoms with Crippen LogP contribution >= 0.6 is 17.0 Å². The Balaban J connectivity index is 0.000000233. The van der Waals surface area contributed by atoms with Gasteiger partial charge in [-0.1, -0.05) is 78.7 Å². The van der Waals surface area contributed by atoms with Crippen molar-refractivity contribution in [3.8, 4) is 0 Å². The zero-order chi connectivity index (χ0) is 20.8. The Labute approximate surface area is 190 Å². The molecule has 0 N–H and O–H groups in total. The Hall–Kier alpha value is -0.617. The normalized spacial score (nSPS) is 17.1.